The Bertz CT molecular complexity index is 951. The first-order valence-corrected chi connectivity index (χ1v) is 8.56. The maximum atomic E-state index is 14.2. The van der Waals surface area contributed by atoms with Crippen molar-refractivity contribution >= 4 is 11.4 Å². The highest BCUT2D eigenvalue weighted by Crippen LogP contribution is 2.46. The molecular formula is C23H19FO. The van der Waals surface area contributed by atoms with Gasteiger partial charge in [-0.1, -0.05) is 36.3 Å². The number of benzene rings is 2. The Morgan fingerprint density at radius 3 is 2.64 bits per heavy atom. The maximum absolute atomic E-state index is 14.2. The summed E-state index contributed by atoms with van der Waals surface area (Å²) in [4.78, 5) is 13.0. The van der Waals surface area contributed by atoms with Crippen LogP contribution >= 0.6 is 0 Å². The number of carbonyl (C=O) groups excluding carboxylic acids is 1. The molecule has 0 N–H and O–H groups in total. The Morgan fingerprint density at radius 1 is 1.12 bits per heavy atom. The second-order valence-electron chi connectivity index (χ2n) is 6.86. The predicted octanol–water partition coefficient (Wildman–Crippen LogP) is 5.17. The molecule has 1 fully saturated rings. The second kappa shape index (κ2) is 6.01. The smallest absolute Gasteiger partial charge is 0.167 e. The van der Waals surface area contributed by atoms with Crippen molar-refractivity contribution in [2.75, 3.05) is 0 Å². The van der Waals surface area contributed by atoms with Crippen molar-refractivity contribution in [2.24, 2.45) is 11.8 Å². The second-order valence-corrected chi connectivity index (χ2v) is 6.86. The van der Waals surface area contributed by atoms with Gasteiger partial charge in [-0.15, -0.1) is 6.42 Å². The quantitative estimate of drug-likeness (QED) is 0.694. The van der Waals surface area contributed by atoms with E-state index in [1.807, 2.05) is 18.2 Å². The molecule has 2 aliphatic rings. The van der Waals surface area contributed by atoms with Crippen LogP contribution in [0.1, 0.15) is 31.8 Å². The summed E-state index contributed by atoms with van der Waals surface area (Å²) in [7, 11) is 0. The lowest BCUT2D eigenvalue weighted by atomic mass is 9.78. The minimum Gasteiger partial charge on any atom is -0.294 e. The molecule has 0 aliphatic heterocycles. The average Bonchev–Trinajstić information content (AvgIpc) is 3.05. The van der Waals surface area contributed by atoms with Crippen LogP contribution in [0.2, 0.25) is 0 Å². The van der Waals surface area contributed by atoms with Crippen molar-refractivity contribution in [1.82, 2.24) is 0 Å². The van der Waals surface area contributed by atoms with Gasteiger partial charge in [0.2, 0.25) is 0 Å². The highest BCUT2D eigenvalue weighted by molar-refractivity contribution is 6.25. The number of Topliss-reactive ketones (excluding diaryl/α,β-unsaturated/α-hetero) is 1. The lowest BCUT2D eigenvalue weighted by Crippen LogP contribution is -2.21. The molecule has 4 rings (SSSR count). The highest BCUT2D eigenvalue weighted by atomic mass is 19.1. The van der Waals surface area contributed by atoms with Crippen LogP contribution in [0.4, 0.5) is 4.39 Å². The summed E-state index contributed by atoms with van der Waals surface area (Å²) in [6, 6.07) is 12.2. The monoisotopic (exact) mass is 330 g/mol. The molecule has 2 bridgehead atoms. The van der Waals surface area contributed by atoms with E-state index in [0.717, 1.165) is 41.5 Å². The van der Waals surface area contributed by atoms with Crippen LogP contribution in [0, 0.1) is 36.9 Å². The number of ketones is 1. The molecule has 1 saturated carbocycles. The van der Waals surface area contributed by atoms with Crippen LogP contribution in [-0.4, -0.2) is 5.78 Å². The van der Waals surface area contributed by atoms with E-state index >= 15 is 0 Å². The zero-order chi connectivity index (χ0) is 17.6. The Hall–Kier alpha value is -2.66. The van der Waals surface area contributed by atoms with E-state index in [1.54, 1.807) is 18.2 Å². The van der Waals surface area contributed by atoms with Gasteiger partial charge in [0.1, 0.15) is 5.82 Å². The van der Waals surface area contributed by atoms with Crippen molar-refractivity contribution in [2.45, 2.75) is 19.3 Å². The molecule has 0 saturated heterocycles. The predicted molar refractivity (Wildman–Crippen MR) is 99.0 cm³/mol. The average molecular weight is 330 g/mol. The number of halogens is 1. The standard InChI is InChI=1S/C23H18FO.H/c1-3-18-15-10-11-17(12-15)23(25)22(18)20-13-16(9-8-14(20)2)19-6-4-5-7-21(19)24;/h1,4-9,13,15,17H,2,10-12H2;. The van der Waals surface area contributed by atoms with E-state index in [4.69, 9.17) is 6.42 Å². The molecule has 2 aliphatic carbocycles. The molecule has 2 atom stereocenters. The molecule has 2 aromatic carbocycles. The Labute approximate surface area is 149 Å². The SMILES string of the molecule is C#CC1=C(c2cc(-c3ccccc3F)ccc2[CH2])C(=O)C2CCC1C2.[H]. The lowest BCUT2D eigenvalue weighted by molar-refractivity contribution is -0.117. The first kappa shape index (κ1) is 15.8. The van der Waals surface area contributed by atoms with E-state index in [-0.39, 0.29) is 18.9 Å². The fourth-order valence-electron chi connectivity index (χ4n) is 4.16. The van der Waals surface area contributed by atoms with Crippen molar-refractivity contribution in [1.29, 1.82) is 0 Å². The fraction of sp³-hybridized carbons (Fsp3) is 0.217. The zero-order valence-electron chi connectivity index (χ0n) is 14.9. The summed E-state index contributed by atoms with van der Waals surface area (Å²) >= 11 is 0. The Balaban J connectivity index is 0.00000196. The largest absolute Gasteiger partial charge is 0.294 e. The van der Waals surface area contributed by atoms with Gasteiger partial charge in [-0.2, -0.15) is 0 Å². The van der Waals surface area contributed by atoms with Crippen LogP contribution in [0.15, 0.2) is 48.0 Å². The van der Waals surface area contributed by atoms with Gasteiger partial charge in [-0.25, -0.2) is 4.39 Å². The van der Waals surface area contributed by atoms with Gasteiger partial charge < -0.3 is 0 Å². The van der Waals surface area contributed by atoms with Gasteiger partial charge in [0.25, 0.3) is 0 Å². The van der Waals surface area contributed by atoms with Crippen LogP contribution in [0.3, 0.4) is 0 Å². The molecule has 2 heteroatoms. The van der Waals surface area contributed by atoms with Crippen molar-refractivity contribution in [3.63, 3.8) is 0 Å². The van der Waals surface area contributed by atoms with Gasteiger partial charge in [0, 0.05) is 24.1 Å². The molecule has 0 heterocycles. The zero-order valence-corrected chi connectivity index (χ0v) is 13.9. The van der Waals surface area contributed by atoms with Gasteiger partial charge >= 0.3 is 0 Å². The fourth-order valence-corrected chi connectivity index (χ4v) is 4.16. The van der Waals surface area contributed by atoms with E-state index < -0.39 is 0 Å². The van der Waals surface area contributed by atoms with E-state index in [1.165, 1.54) is 6.07 Å². The van der Waals surface area contributed by atoms with Gasteiger partial charge in [-0.05, 0) is 60.9 Å². The number of allylic oxidation sites excluding steroid dienone is 2. The summed E-state index contributed by atoms with van der Waals surface area (Å²) in [5, 5.41) is 0. The molecule has 1 nitrogen and oxygen atoms in total. The number of hydrogen-bond acceptors (Lipinski definition) is 1. The number of hydrogen-bond donors (Lipinski definition) is 0. The summed E-state index contributed by atoms with van der Waals surface area (Å²) in [6.45, 7) is 4.08. The van der Waals surface area contributed by atoms with E-state index in [9.17, 15) is 9.18 Å². The summed E-state index contributed by atoms with van der Waals surface area (Å²) in [5.41, 5.74) is 4.17. The highest BCUT2D eigenvalue weighted by Gasteiger charge is 2.40. The first-order chi connectivity index (χ1) is 12.1. The van der Waals surface area contributed by atoms with Crippen molar-refractivity contribution in [3.05, 3.63) is 71.9 Å². The van der Waals surface area contributed by atoms with E-state index in [0.29, 0.717) is 17.1 Å². The molecule has 0 aromatic heterocycles. The number of terminal acetylenes is 1. The Kier molecular flexibility index (Phi) is 3.81. The van der Waals surface area contributed by atoms with Gasteiger partial charge in [-0.3, -0.25) is 4.79 Å². The molecular weight excluding hydrogens is 311 g/mol. The lowest BCUT2D eigenvalue weighted by Gasteiger charge is -2.24. The molecule has 124 valence electrons. The third kappa shape index (κ3) is 2.51. The normalized spacial score (nSPS) is 22.2. The molecule has 2 unspecified atom stereocenters. The topological polar surface area (TPSA) is 17.1 Å². The van der Waals surface area contributed by atoms with Crippen molar-refractivity contribution in [3.8, 4) is 23.5 Å². The molecule has 2 radical (unpaired) electrons. The van der Waals surface area contributed by atoms with Crippen LogP contribution < -0.4 is 0 Å². The molecule has 2 aromatic rings. The van der Waals surface area contributed by atoms with E-state index in [2.05, 4.69) is 12.8 Å². The number of rotatable bonds is 2. The third-order valence-corrected chi connectivity index (χ3v) is 5.45. The van der Waals surface area contributed by atoms with Gasteiger partial charge in [0.05, 0.1) is 0 Å². The first-order valence-electron chi connectivity index (χ1n) is 8.56. The van der Waals surface area contributed by atoms with Crippen LogP contribution in [0.25, 0.3) is 16.7 Å². The summed E-state index contributed by atoms with van der Waals surface area (Å²) < 4.78 is 14.2. The third-order valence-electron chi connectivity index (χ3n) is 5.45. The summed E-state index contributed by atoms with van der Waals surface area (Å²) in [5.74, 6) is 2.96. The minimum absolute atomic E-state index is 0. The minimum atomic E-state index is -0.286. The molecule has 0 amide bonds. The molecule has 0 spiro atoms. The Morgan fingerprint density at radius 2 is 1.88 bits per heavy atom. The van der Waals surface area contributed by atoms with Crippen molar-refractivity contribution < 1.29 is 10.6 Å². The summed E-state index contributed by atoms with van der Waals surface area (Å²) in [6.07, 6.45) is 8.49. The van der Waals surface area contributed by atoms with Crippen LogP contribution in [0.5, 0.6) is 0 Å². The molecule has 25 heavy (non-hydrogen) atoms. The number of carbonyl (C=O) groups is 1. The van der Waals surface area contributed by atoms with Crippen LogP contribution in [-0.2, 0) is 4.79 Å². The number of fused-ring (bicyclic) bond motifs is 2. The maximum Gasteiger partial charge on any atom is 0.167 e. The van der Waals surface area contributed by atoms with Gasteiger partial charge in [0.15, 0.2) is 5.78 Å².